The van der Waals surface area contributed by atoms with Crippen LogP contribution in [0.15, 0.2) is 83.3 Å². The first-order valence-electron chi connectivity index (χ1n) is 9.36. The molecular formula is C25H16N2O. The minimum absolute atomic E-state index is 0.641. The highest BCUT2D eigenvalue weighted by Crippen LogP contribution is 2.38. The van der Waals surface area contributed by atoms with Crippen LogP contribution in [0, 0.1) is 6.92 Å². The first-order chi connectivity index (χ1) is 13.8. The monoisotopic (exact) mass is 360 g/mol. The molecule has 132 valence electrons. The van der Waals surface area contributed by atoms with E-state index in [0.717, 1.165) is 38.4 Å². The number of fused-ring (bicyclic) bond motifs is 6. The topological polar surface area (TPSA) is 38.9 Å². The molecule has 0 atom stereocenters. The summed E-state index contributed by atoms with van der Waals surface area (Å²) >= 11 is 0. The molecule has 3 nitrogen and oxygen atoms in total. The summed E-state index contributed by atoms with van der Waals surface area (Å²) in [5, 5.41) is 6.70. The van der Waals surface area contributed by atoms with Crippen molar-refractivity contribution in [3.05, 3.63) is 84.7 Å². The highest BCUT2D eigenvalue weighted by atomic mass is 16.3. The molecule has 0 aliphatic carbocycles. The lowest BCUT2D eigenvalue weighted by molar-refractivity contribution is 0.654. The minimum atomic E-state index is 0.641. The molecular weight excluding hydrogens is 344 g/mol. The second kappa shape index (κ2) is 5.64. The van der Waals surface area contributed by atoms with Gasteiger partial charge in [0.25, 0.3) is 0 Å². The summed E-state index contributed by atoms with van der Waals surface area (Å²) in [6.07, 6.45) is 0. The minimum Gasteiger partial charge on any atom is -0.437 e. The first kappa shape index (κ1) is 15.3. The molecule has 4 aromatic carbocycles. The van der Waals surface area contributed by atoms with Crippen LogP contribution in [0.3, 0.4) is 0 Å². The molecule has 2 heterocycles. The van der Waals surface area contributed by atoms with Crippen LogP contribution in [0.1, 0.15) is 5.82 Å². The van der Waals surface area contributed by atoms with E-state index in [9.17, 15) is 0 Å². The Morgan fingerprint density at radius 2 is 1.43 bits per heavy atom. The molecule has 2 aromatic heterocycles. The third-order valence-electron chi connectivity index (χ3n) is 5.36. The smallest absolute Gasteiger partial charge is 0.231 e. The second-order valence-electron chi connectivity index (χ2n) is 7.13. The number of furan rings is 1. The number of aromatic nitrogens is 2. The Morgan fingerprint density at radius 1 is 0.679 bits per heavy atom. The van der Waals surface area contributed by atoms with Crippen molar-refractivity contribution in [1.29, 1.82) is 0 Å². The van der Waals surface area contributed by atoms with Crippen molar-refractivity contribution >= 4 is 43.6 Å². The fraction of sp³-hybridized carbons (Fsp3) is 0.0400. The lowest BCUT2D eigenvalue weighted by Gasteiger charge is -2.06. The average Bonchev–Trinajstić information content (AvgIpc) is 3.11. The van der Waals surface area contributed by atoms with Crippen LogP contribution in [-0.2, 0) is 0 Å². The van der Waals surface area contributed by atoms with Crippen LogP contribution in [0.2, 0.25) is 0 Å². The molecule has 0 N–H and O–H groups in total. The van der Waals surface area contributed by atoms with E-state index >= 15 is 0 Å². The number of aryl methyl sites for hydroxylation is 1. The summed E-state index contributed by atoms with van der Waals surface area (Å²) < 4.78 is 6.25. The van der Waals surface area contributed by atoms with E-state index in [-0.39, 0.29) is 0 Å². The van der Waals surface area contributed by atoms with E-state index in [1.54, 1.807) is 0 Å². The Morgan fingerprint density at radius 3 is 2.32 bits per heavy atom. The Hall–Kier alpha value is -3.72. The van der Waals surface area contributed by atoms with Crippen LogP contribution < -0.4 is 0 Å². The largest absolute Gasteiger partial charge is 0.437 e. The quantitative estimate of drug-likeness (QED) is 0.329. The van der Waals surface area contributed by atoms with Gasteiger partial charge in [0.2, 0.25) is 5.71 Å². The van der Waals surface area contributed by atoms with Crippen molar-refractivity contribution in [3.63, 3.8) is 0 Å². The van der Waals surface area contributed by atoms with Gasteiger partial charge in [-0.3, -0.25) is 0 Å². The van der Waals surface area contributed by atoms with E-state index in [0.29, 0.717) is 11.5 Å². The molecule has 0 amide bonds. The zero-order chi connectivity index (χ0) is 18.7. The fourth-order valence-electron chi connectivity index (χ4n) is 4.06. The number of hydrogen-bond acceptors (Lipinski definition) is 3. The summed E-state index contributed by atoms with van der Waals surface area (Å²) in [6, 6.07) is 27.4. The van der Waals surface area contributed by atoms with Gasteiger partial charge in [-0.2, -0.15) is 4.98 Å². The average molecular weight is 360 g/mol. The van der Waals surface area contributed by atoms with Crippen molar-refractivity contribution in [1.82, 2.24) is 9.97 Å². The van der Waals surface area contributed by atoms with Crippen molar-refractivity contribution in [2.45, 2.75) is 6.92 Å². The zero-order valence-corrected chi connectivity index (χ0v) is 15.3. The van der Waals surface area contributed by atoms with Gasteiger partial charge in [0.15, 0.2) is 0 Å². The SMILES string of the molecule is Cc1nc(-c2ccc3ccccc3c2)c2c(n1)oc1c3ccccc3ccc12. The number of benzene rings is 4. The molecule has 0 saturated heterocycles. The summed E-state index contributed by atoms with van der Waals surface area (Å²) in [6.45, 7) is 1.91. The van der Waals surface area contributed by atoms with E-state index in [2.05, 4.69) is 71.7 Å². The molecule has 3 heteroatoms. The van der Waals surface area contributed by atoms with Gasteiger partial charge < -0.3 is 4.42 Å². The van der Waals surface area contributed by atoms with E-state index in [1.165, 1.54) is 10.8 Å². The number of hydrogen-bond donors (Lipinski definition) is 0. The molecule has 0 bridgehead atoms. The maximum Gasteiger partial charge on any atom is 0.231 e. The Balaban J connectivity index is 1.74. The van der Waals surface area contributed by atoms with Crippen molar-refractivity contribution in [3.8, 4) is 11.3 Å². The molecule has 0 aliphatic heterocycles. The predicted molar refractivity (Wildman–Crippen MR) is 114 cm³/mol. The molecule has 6 aromatic rings. The van der Waals surface area contributed by atoms with Gasteiger partial charge in [-0.15, -0.1) is 0 Å². The van der Waals surface area contributed by atoms with Gasteiger partial charge >= 0.3 is 0 Å². The standard InChI is InChI=1S/C25H16N2O/c1-15-26-23(19-11-10-16-6-2-3-8-18(16)14-19)22-21-13-12-17-7-4-5-9-20(17)24(21)28-25(22)27-15/h2-14H,1H3. The Labute approximate surface area is 161 Å². The van der Waals surface area contributed by atoms with Crippen molar-refractivity contribution in [2.24, 2.45) is 0 Å². The van der Waals surface area contributed by atoms with E-state index < -0.39 is 0 Å². The maximum atomic E-state index is 6.25. The Kier molecular flexibility index (Phi) is 3.09. The second-order valence-corrected chi connectivity index (χ2v) is 7.13. The summed E-state index contributed by atoms with van der Waals surface area (Å²) in [7, 11) is 0. The van der Waals surface area contributed by atoms with Gasteiger partial charge in [-0.25, -0.2) is 4.98 Å². The van der Waals surface area contributed by atoms with Crippen LogP contribution in [0.5, 0.6) is 0 Å². The van der Waals surface area contributed by atoms with Crippen LogP contribution in [0.25, 0.3) is 54.9 Å². The zero-order valence-electron chi connectivity index (χ0n) is 15.3. The molecule has 6 rings (SSSR count). The first-order valence-corrected chi connectivity index (χ1v) is 9.36. The van der Waals surface area contributed by atoms with E-state index in [4.69, 9.17) is 9.40 Å². The third kappa shape index (κ3) is 2.16. The molecule has 0 aliphatic rings. The number of nitrogens with zero attached hydrogens (tertiary/aromatic N) is 2. The molecule has 0 radical (unpaired) electrons. The molecule has 0 unspecified atom stereocenters. The van der Waals surface area contributed by atoms with Crippen molar-refractivity contribution in [2.75, 3.05) is 0 Å². The number of rotatable bonds is 1. The van der Waals surface area contributed by atoms with Gasteiger partial charge in [-0.1, -0.05) is 66.7 Å². The summed E-state index contributed by atoms with van der Waals surface area (Å²) in [5.41, 5.74) is 3.50. The van der Waals surface area contributed by atoms with Crippen molar-refractivity contribution < 1.29 is 4.42 Å². The summed E-state index contributed by atoms with van der Waals surface area (Å²) in [4.78, 5) is 9.40. The fourth-order valence-corrected chi connectivity index (χ4v) is 4.06. The molecule has 28 heavy (non-hydrogen) atoms. The highest BCUT2D eigenvalue weighted by molar-refractivity contribution is 6.17. The lowest BCUT2D eigenvalue weighted by Crippen LogP contribution is -1.92. The van der Waals surface area contributed by atoms with Gasteiger partial charge in [0.05, 0.1) is 11.1 Å². The van der Waals surface area contributed by atoms with Gasteiger partial charge in [0, 0.05) is 16.3 Å². The van der Waals surface area contributed by atoms with Gasteiger partial charge in [0.1, 0.15) is 11.4 Å². The highest BCUT2D eigenvalue weighted by Gasteiger charge is 2.17. The molecule has 0 fully saturated rings. The third-order valence-corrected chi connectivity index (χ3v) is 5.36. The van der Waals surface area contributed by atoms with E-state index in [1.807, 2.05) is 19.1 Å². The molecule has 0 saturated carbocycles. The van der Waals surface area contributed by atoms with Crippen LogP contribution in [-0.4, -0.2) is 9.97 Å². The predicted octanol–water partition coefficient (Wildman–Crippen LogP) is 6.66. The molecule has 0 spiro atoms. The lowest BCUT2D eigenvalue weighted by atomic mass is 10.0. The summed E-state index contributed by atoms with van der Waals surface area (Å²) in [5.74, 6) is 0.707. The maximum absolute atomic E-state index is 6.25. The van der Waals surface area contributed by atoms with Crippen LogP contribution >= 0.6 is 0 Å². The van der Waals surface area contributed by atoms with Gasteiger partial charge in [-0.05, 0) is 35.2 Å². The Bertz CT molecular complexity index is 1530. The van der Waals surface area contributed by atoms with Crippen LogP contribution in [0.4, 0.5) is 0 Å². The normalized spacial score (nSPS) is 11.8.